The highest BCUT2D eigenvalue weighted by Crippen LogP contribution is 2.14. The van der Waals surface area contributed by atoms with Crippen LogP contribution in [-0.2, 0) is 0 Å². The molecule has 2 aromatic heterocycles. The van der Waals surface area contributed by atoms with Crippen molar-refractivity contribution < 1.29 is 0 Å². The molecule has 2 heterocycles. The number of aromatic amines is 1. The van der Waals surface area contributed by atoms with E-state index < -0.39 is 0 Å². The number of nitrogens with one attached hydrogen (secondary N) is 1. The third-order valence-electron chi connectivity index (χ3n) is 1.55. The molecule has 0 fully saturated rings. The summed E-state index contributed by atoms with van der Waals surface area (Å²) in [4.78, 5) is 17.6. The molecule has 0 amide bonds. The summed E-state index contributed by atoms with van der Waals surface area (Å²) >= 11 is 8.81. The van der Waals surface area contributed by atoms with Crippen LogP contribution >= 0.6 is 27.5 Å². The molecule has 0 unspecified atom stereocenters. The summed E-state index contributed by atoms with van der Waals surface area (Å²) in [6.07, 6.45) is 4.34. The Bertz CT molecular complexity index is 520. The maximum absolute atomic E-state index is 11.2. The van der Waals surface area contributed by atoms with Gasteiger partial charge in [-0.15, -0.1) is 0 Å². The van der Waals surface area contributed by atoms with E-state index in [-0.39, 0.29) is 5.56 Å². The molecular formula is C7H4BrClN4O. The van der Waals surface area contributed by atoms with Crippen molar-refractivity contribution in [2.75, 3.05) is 0 Å². The summed E-state index contributed by atoms with van der Waals surface area (Å²) in [5.41, 5.74) is -0.262. The van der Waals surface area contributed by atoms with Gasteiger partial charge in [-0.25, -0.2) is 9.67 Å². The maximum atomic E-state index is 11.2. The first-order chi connectivity index (χ1) is 6.68. The van der Waals surface area contributed by atoms with E-state index in [1.807, 2.05) is 0 Å². The number of aromatic nitrogens is 4. The topological polar surface area (TPSA) is 63.6 Å². The summed E-state index contributed by atoms with van der Waals surface area (Å²) in [6, 6.07) is 0. The van der Waals surface area contributed by atoms with E-state index in [0.29, 0.717) is 15.3 Å². The van der Waals surface area contributed by atoms with Gasteiger partial charge in [0.25, 0.3) is 5.56 Å². The molecule has 0 radical (unpaired) electrons. The van der Waals surface area contributed by atoms with Gasteiger partial charge in [-0.1, -0.05) is 11.6 Å². The summed E-state index contributed by atoms with van der Waals surface area (Å²) in [5, 5.41) is 4.41. The van der Waals surface area contributed by atoms with Crippen molar-refractivity contribution in [3.05, 3.63) is 38.6 Å². The van der Waals surface area contributed by atoms with Crippen molar-refractivity contribution in [1.82, 2.24) is 19.7 Å². The van der Waals surface area contributed by atoms with Gasteiger partial charge in [0, 0.05) is 0 Å². The van der Waals surface area contributed by atoms with E-state index in [2.05, 4.69) is 31.0 Å². The molecule has 2 aromatic rings. The third-order valence-corrected chi connectivity index (χ3v) is 2.46. The lowest BCUT2D eigenvalue weighted by Gasteiger charge is -2.00. The molecule has 14 heavy (non-hydrogen) atoms. The zero-order valence-electron chi connectivity index (χ0n) is 6.74. The molecule has 0 aliphatic carbocycles. The Balaban J connectivity index is 2.63. The number of hydrogen-bond donors (Lipinski definition) is 1. The molecule has 0 aliphatic rings. The maximum Gasteiger partial charge on any atom is 0.267 e. The second-order valence-electron chi connectivity index (χ2n) is 2.47. The number of hydrogen-bond acceptors (Lipinski definition) is 3. The number of H-pyrrole nitrogens is 1. The van der Waals surface area contributed by atoms with Crippen molar-refractivity contribution >= 4 is 27.5 Å². The van der Waals surface area contributed by atoms with Crippen molar-refractivity contribution in [3.63, 3.8) is 0 Å². The van der Waals surface area contributed by atoms with Gasteiger partial charge in [0.15, 0.2) is 5.82 Å². The average Bonchev–Trinajstić information content (AvgIpc) is 2.57. The van der Waals surface area contributed by atoms with Gasteiger partial charge < -0.3 is 4.98 Å². The van der Waals surface area contributed by atoms with Crippen LogP contribution in [0.5, 0.6) is 0 Å². The summed E-state index contributed by atoms with van der Waals surface area (Å²) in [5.74, 6) is 0.403. The Morgan fingerprint density at radius 2 is 2.36 bits per heavy atom. The molecule has 0 bridgehead atoms. The van der Waals surface area contributed by atoms with Crippen LogP contribution in [0.15, 0.2) is 28.0 Å². The minimum atomic E-state index is -0.262. The fraction of sp³-hybridized carbons (Fsp3) is 0. The number of nitrogens with zero attached hydrogens (tertiary/aromatic N) is 3. The minimum Gasteiger partial charge on any atom is -0.312 e. The summed E-state index contributed by atoms with van der Waals surface area (Å²) in [6.45, 7) is 0. The first-order valence-electron chi connectivity index (χ1n) is 3.62. The molecule has 7 heteroatoms. The first-order valence-corrected chi connectivity index (χ1v) is 4.79. The van der Waals surface area contributed by atoms with Gasteiger partial charge in [0.2, 0.25) is 0 Å². The minimum absolute atomic E-state index is 0.262. The van der Waals surface area contributed by atoms with E-state index in [9.17, 15) is 4.79 Å². The second-order valence-corrected chi connectivity index (χ2v) is 3.70. The number of halogens is 2. The zero-order chi connectivity index (χ0) is 10.1. The lowest BCUT2D eigenvalue weighted by atomic mass is 10.6. The second kappa shape index (κ2) is 3.55. The molecule has 2 rings (SSSR count). The molecule has 0 saturated carbocycles. The SMILES string of the molecule is O=c1[nH]cnc(-n2cc(Cl)cn2)c1Br. The van der Waals surface area contributed by atoms with Crippen molar-refractivity contribution in [1.29, 1.82) is 0 Å². The fourth-order valence-electron chi connectivity index (χ4n) is 0.950. The Hall–Kier alpha value is -1.14. The van der Waals surface area contributed by atoms with Gasteiger partial charge in [0.1, 0.15) is 4.47 Å². The molecule has 1 N–H and O–H groups in total. The standard InChI is InChI=1S/C7H4BrClN4O/c8-5-6(10-3-11-7(5)14)13-2-4(9)1-12-13/h1-3H,(H,10,11,14). The average molecular weight is 275 g/mol. The van der Waals surface area contributed by atoms with Gasteiger partial charge in [-0.2, -0.15) is 5.10 Å². The number of rotatable bonds is 1. The van der Waals surface area contributed by atoms with Crippen LogP contribution in [0.3, 0.4) is 0 Å². The van der Waals surface area contributed by atoms with Crippen LogP contribution in [0.2, 0.25) is 5.02 Å². The Labute approximate surface area is 91.9 Å². The van der Waals surface area contributed by atoms with Gasteiger partial charge in [-0.3, -0.25) is 4.79 Å². The van der Waals surface area contributed by atoms with Crippen LogP contribution in [-0.4, -0.2) is 19.7 Å². The van der Waals surface area contributed by atoms with E-state index in [0.717, 1.165) is 0 Å². The molecular weight excluding hydrogens is 271 g/mol. The highest BCUT2D eigenvalue weighted by molar-refractivity contribution is 9.10. The molecule has 5 nitrogen and oxygen atoms in total. The lowest BCUT2D eigenvalue weighted by Crippen LogP contribution is -2.12. The summed E-state index contributed by atoms with van der Waals surface area (Å²) < 4.78 is 1.74. The van der Waals surface area contributed by atoms with Crippen LogP contribution in [0.25, 0.3) is 5.82 Å². The molecule has 0 saturated heterocycles. The molecule has 0 spiro atoms. The van der Waals surface area contributed by atoms with Crippen LogP contribution in [0, 0.1) is 0 Å². The van der Waals surface area contributed by atoms with Crippen molar-refractivity contribution in [3.8, 4) is 5.82 Å². The smallest absolute Gasteiger partial charge is 0.267 e. The van der Waals surface area contributed by atoms with E-state index in [1.165, 1.54) is 17.2 Å². The Kier molecular flexibility index (Phi) is 2.39. The quantitative estimate of drug-likeness (QED) is 0.855. The fourth-order valence-corrected chi connectivity index (χ4v) is 1.48. The molecule has 72 valence electrons. The zero-order valence-corrected chi connectivity index (χ0v) is 9.08. The monoisotopic (exact) mass is 274 g/mol. The van der Waals surface area contributed by atoms with Gasteiger partial charge >= 0.3 is 0 Å². The third kappa shape index (κ3) is 1.58. The molecule has 0 aliphatic heterocycles. The Morgan fingerprint density at radius 3 is 3.00 bits per heavy atom. The predicted octanol–water partition coefficient (Wildman–Crippen LogP) is 1.37. The van der Waals surface area contributed by atoms with Gasteiger partial charge in [-0.05, 0) is 15.9 Å². The normalized spacial score (nSPS) is 10.4. The highest BCUT2D eigenvalue weighted by Gasteiger charge is 2.08. The van der Waals surface area contributed by atoms with Crippen LogP contribution < -0.4 is 5.56 Å². The predicted molar refractivity (Wildman–Crippen MR) is 54.7 cm³/mol. The van der Waals surface area contributed by atoms with E-state index in [4.69, 9.17) is 11.6 Å². The van der Waals surface area contributed by atoms with Crippen LogP contribution in [0.4, 0.5) is 0 Å². The molecule has 0 aromatic carbocycles. The lowest BCUT2D eigenvalue weighted by molar-refractivity contribution is 0.828. The van der Waals surface area contributed by atoms with Crippen LogP contribution in [0.1, 0.15) is 0 Å². The van der Waals surface area contributed by atoms with Crippen molar-refractivity contribution in [2.45, 2.75) is 0 Å². The summed E-state index contributed by atoms with van der Waals surface area (Å²) in [7, 11) is 0. The largest absolute Gasteiger partial charge is 0.312 e. The first kappa shape index (κ1) is 9.42. The van der Waals surface area contributed by atoms with E-state index in [1.54, 1.807) is 6.20 Å². The van der Waals surface area contributed by atoms with Gasteiger partial charge in [0.05, 0.1) is 23.7 Å². The molecule has 0 atom stereocenters. The van der Waals surface area contributed by atoms with E-state index >= 15 is 0 Å². The Morgan fingerprint density at radius 1 is 1.57 bits per heavy atom. The highest BCUT2D eigenvalue weighted by atomic mass is 79.9. The van der Waals surface area contributed by atoms with Crippen molar-refractivity contribution in [2.24, 2.45) is 0 Å².